The lowest BCUT2D eigenvalue weighted by atomic mass is 9.98. The average Bonchev–Trinajstić information content (AvgIpc) is 3.03. The van der Waals surface area contributed by atoms with E-state index in [1.54, 1.807) is 0 Å². The smallest absolute Gasteiger partial charge is 0.351 e. The van der Waals surface area contributed by atoms with Crippen molar-refractivity contribution < 1.29 is 119 Å². The molecule has 0 amide bonds. The van der Waals surface area contributed by atoms with Crippen molar-refractivity contribution >= 4 is 8.24 Å². The lowest BCUT2D eigenvalue weighted by Gasteiger charge is -2.33. The molecule has 0 saturated carbocycles. The summed E-state index contributed by atoms with van der Waals surface area (Å²) in [6.07, 6.45) is -33.1. The minimum Gasteiger partial charge on any atom is -0.351 e. The van der Waals surface area contributed by atoms with Gasteiger partial charge in [0.1, 0.15) is 8.24 Å². The molecule has 0 fully saturated rings. The zero-order valence-electron chi connectivity index (χ0n) is 30.0. The molecule has 1 nitrogen and oxygen atoms in total. The summed E-state index contributed by atoms with van der Waals surface area (Å²) < 4.78 is 352. The molecule has 0 aliphatic carbocycles. The fraction of sp³-hybridized carbons (Fsp3) is 1.00. The van der Waals surface area contributed by atoms with E-state index in [-0.39, 0.29) is 56.7 Å². The summed E-state index contributed by atoms with van der Waals surface area (Å²) in [7, 11) is -3.24. The second-order valence-corrected chi connectivity index (χ2v) is 18.4. The number of halogens is 27. The molecule has 0 aliphatic heterocycles. The molecule has 0 bridgehead atoms. The highest BCUT2D eigenvalue weighted by molar-refractivity contribution is 6.76. The first kappa shape index (κ1) is 57.3. The molecule has 2 N–H and O–H groups in total. The predicted octanol–water partition coefficient (Wildman–Crippen LogP) is 15.1. The van der Waals surface area contributed by atoms with Crippen molar-refractivity contribution in [3.8, 4) is 0 Å². The van der Waals surface area contributed by atoms with Crippen LogP contribution in [-0.2, 0) is 0 Å². The van der Waals surface area contributed by atoms with Crippen molar-refractivity contribution in [3.63, 3.8) is 0 Å². The van der Waals surface area contributed by atoms with Gasteiger partial charge in [-0.3, -0.25) is 0 Å². The van der Waals surface area contributed by atoms with Crippen LogP contribution in [0.15, 0.2) is 0 Å². The number of alkyl halides is 27. The molecule has 0 heterocycles. The number of hydrogen-bond donors (Lipinski definition) is 1. The maximum atomic E-state index is 13.8. The minimum absolute atomic E-state index is 0.0840. The Balaban J connectivity index is 5.50. The van der Waals surface area contributed by atoms with E-state index >= 15 is 0 Å². The third-order valence-corrected chi connectivity index (χ3v) is 13.4. The Morgan fingerprint density at radius 2 is 0.407 bits per heavy atom. The van der Waals surface area contributed by atoms with E-state index in [0.29, 0.717) is 0 Å². The highest BCUT2D eigenvalue weighted by Gasteiger charge is 2.83. The SMILES string of the molecule is N[Si](CCCCCCC(F)(F)C(F)(F)C(F)(F)C(F)(F)F)(CCCCCCC(F)(F)C(F)(F)C(F)(F)C(F)(F)F)CCCCCCC(F)(F)C(F)(F)C(F)(F)C(F)(F)F. The Kier molecular flexibility index (Phi) is 18.8. The fourth-order valence-electron chi connectivity index (χ4n) is 5.60. The predicted molar refractivity (Wildman–Crippen MR) is 156 cm³/mol. The van der Waals surface area contributed by atoms with Crippen LogP contribution in [0.1, 0.15) is 96.3 Å². The van der Waals surface area contributed by atoms with Gasteiger partial charge in [0.2, 0.25) is 0 Å². The highest BCUT2D eigenvalue weighted by atomic mass is 28.3. The molecule has 0 spiro atoms. The molecule has 0 aromatic carbocycles. The van der Waals surface area contributed by atoms with E-state index in [0.717, 1.165) is 0 Å². The third-order valence-electron chi connectivity index (χ3n) is 9.38. The van der Waals surface area contributed by atoms with Crippen LogP contribution in [0.2, 0.25) is 18.1 Å². The molecule has 0 aromatic heterocycles. The second kappa shape index (κ2) is 19.4. The van der Waals surface area contributed by atoms with Gasteiger partial charge in [0, 0.05) is 19.3 Å². The van der Waals surface area contributed by atoms with E-state index in [1.165, 1.54) is 0 Å². The molecule has 0 unspecified atom stereocenters. The summed E-state index contributed by atoms with van der Waals surface area (Å²) in [6, 6.07) is -0.252. The van der Waals surface area contributed by atoms with Gasteiger partial charge in [-0.1, -0.05) is 57.8 Å². The number of hydrogen-bond acceptors (Lipinski definition) is 1. The Morgan fingerprint density at radius 3 is 0.576 bits per heavy atom. The van der Waals surface area contributed by atoms with Crippen molar-refractivity contribution in [1.29, 1.82) is 0 Å². The van der Waals surface area contributed by atoms with Crippen molar-refractivity contribution in [2.75, 3.05) is 0 Å². The zero-order valence-corrected chi connectivity index (χ0v) is 31.0. The van der Waals surface area contributed by atoms with E-state index in [4.69, 9.17) is 5.40 Å². The first-order valence-electron chi connectivity index (χ1n) is 17.3. The average molecular weight is 954 g/mol. The molecular weight excluding hydrogens is 915 g/mol. The summed E-state index contributed by atoms with van der Waals surface area (Å²) in [6.45, 7) is 0. The van der Waals surface area contributed by atoms with Crippen molar-refractivity contribution in [2.24, 2.45) is 5.40 Å². The van der Waals surface area contributed by atoms with Crippen LogP contribution >= 0.6 is 0 Å². The van der Waals surface area contributed by atoms with Crippen LogP contribution in [0.25, 0.3) is 0 Å². The fourth-order valence-corrected chi connectivity index (χ4v) is 9.21. The van der Waals surface area contributed by atoms with Crippen molar-refractivity contribution in [3.05, 3.63) is 0 Å². The summed E-state index contributed by atoms with van der Waals surface area (Å²) in [5.74, 6) is -59.5. The lowest BCUT2D eigenvalue weighted by Crippen LogP contribution is -2.60. The monoisotopic (exact) mass is 953 g/mol. The Labute approximate surface area is 319 Å². The van der Waals surface area contributed by atoms with E-state index < -0.39 is 138 Å². The van der Waals surface area contributed by atoms with Gasteiger partial charge < -0.3 is 5.40 Å². The van der Waals surface area contributed by atoms with Crippen molar-refractivity contribution in [1.82, 2.24) is 0 Å². The molecule has 0 aromatic rings. The molecule has 0 atom stereocenters. The standard InChI is InChI=1S/C30H38F27NSi/c31-19(32,22(37,38)25(43,44)28(49,50)51)13-7-1-4-10-16-59(58,17-11-5-2-8-14-20(33,34)23(39,40)26(45,46)29(52,53)54)18-12-6-3-9-15-21(35,36)24(41,42)27(47,48)30(55,56)57/h1-18,58H2. The summed E-state index contributed by atoms with van der Waals surface area (Å²) in [5.41, 5.74) is 0. The first-order valence-corrected chi connectivity index (χ1v) is 20.0. The normalized spacial score (nSPS) is 15.7. The number of rotatable bonds is 27. The molecular formula is C30H38F27NSi. The van der Waals surface area contributed by atoms with E-state index in [9.17, 15) is 119 Å². The zero-order chi connectivity index (χ0) is 47.2. The largest absolute Gasteiger partial charge is 0.460 e. The van der Waals surface area contributed by atoms with Crippen LogP contribution < -0.4 is 5.40 Å². The maximum absolute atomic E-state index is 13.8. The minimum atomic E-state index is -7.12. The van der Waals surface area contributed by atoms with Gasteiger partial charge in [-0.25, -0.2) is 0 Å². The highest BCUT2D eigenvalue weighted by Crippen LogP contribution is 2.57. The van der Waals surface area contributed by atoms with Gasteiger partial charge in [0.25, 0.3) is 0 Å². The van der Waals surface area contributed by atoms with Crippen LogP contribution in [-0.4, -0.2) is 80.1 Å². The van der Waals surface area contributed by atoms with Gasteiger partial charge in [-0.15, -0.1) is 0 Å². The molecule has 0 saturated heterocycles. The molecule has 59 heavy (non-hydrogen) atoms. The van der Waals surface area contributed by atoms with Gasteiger partial charge in [0.05, 0.1) is 0 Å². The molecule has 0 rings (SSSR count). The molecule has 0 aliphatic rings. The Bertz CT molecular complexity index is 1120. The molecule has 0 radical (unpaired) electrons. The van der Waals surface area contributed by atoms with E-state index in [2.05, 4.69) is 0 Å². The van der Waals surface area contributed by atoms with E-state index in [1.807, 2.05) is 0 Å². The second-order valence-electron chi connectivity index (χ2n) is 14.2. The maximum Gasteiger partial charge on any atom is 0.460 e. The summed E-state index contributed by atoms with van der Waals surface area (Å²) in [4.78, 5) is 0. The Morgan fingerprint density at radius 1 is 0.237 bits per heavy atom. The van der Waals surface area contributed by atoms with Crippen molar-refractivity contribution in [2.45, 2.75) is 186 Å². The quantitative estimate of drug-likeness (QED) is 0.0496. The number of nitrogens with two attached hydrogens (primary N) is 1. The van der Waals surface area contributed by atoms with Gasteiger partial charge >= 0.3 is 71.8 Å². The van der Waals surface area contributed by atoms with Gasteiger partial charge in [-0.2, -0.15) is 119 Å². The van der Waals surface area contributed by atoms with Crippen LogP contribution in [0, 0.1) is 0 Å². The van der Waals surface area contributed by atoms with Gasteiger partial charge in [0.15, 0.2) is 0 Å². The lowest BCUT2D eigenvalue weighted by molar-refractivity contribution is -0.396. The van der Waals surface area contributed by atoms with Crippen LogP contribution in [0.4, 0.5) is 119 Å². The van der Waals surface area contributed by atoms with Gasteiger partial charge in [-0.05, 0) is 37.4 Å². The number of unbranched alkanes of at least 4 members (excludes halogenated alkanes) is 9. The first-order chi connectivity index (χ1) is 25.9. The topological polar surface area (TPSA) is 26.0 Å². The molecule has 356 valence electrons. The Hall–Kier alpha value is -1.71. The molecule has 29 heteroatoms. The van der Waals surface area contributed by atoms with Crippen LogP contribution in [0.5, 0.6) is 0 Å². The summed E-state index contributed by atoms with van der Waals surface area (Å²) in [5, 5.41) is 6.40. The third kappa shape index (κ3) is 13.2. The summed E-state index contributed by atoms with van der Waals surface area (Å²) >= 11 is 0. The van der Waals surface area contributed by atoms with Crippen LogP contribution in [0.3, 0.4) is 0 Å².